The van der Waals surface area contributed by atoms with Crippen molar-refractivity contribution in [3.05, 3.63) is 110 Å². The molecule has 3 aromatic carbocycles. The van der Waals surface area contributed by atoms with Gasteiger partial charge < -0.3 is 5.32 Å². The van der Waals surface area contributed by atoms with Crippen LogP contribution in [-0.2, 0) is 27.1 Å². The van der Waals surface area contributed by atoms with Crippen LogP contribution in [0.5, 0.6) is 0 Å². The largest absolute Gasteiger partial charge is 0.418 e. The molecule has 6 rings (SSSR count). The zero-order valence-corrected chi connectivity index (χ0v) is 23.7. The number of hydrogen-bond acceptors (Lipinski definition) is 6. The van der Waals surface area contributed by atoms with E-state index >= 15 is 0 Å². The topological polar surface area (TPSA) is 88.5 Å². The number of hydrogen-bond donors (Lipinski definition) is 1. The van der Waals surface area contributed by atoms with E-state index < -0.39 is 63.7 Å². The van der Waals surface area contributed by atoms with Crippen molar-refractivity contribution in [2.24, 2.45) is 5.92 Å². The molecule has 1 aromatic heterocycles. The highest BCUT2D eigenvalue weighted by Gasteiger charge is 2.56. The number of alkyl halides is 3. The number of imide groups is 1. The number of carbonyl (C=O) groups excluding carboxylic acids is 3. The van der Waals surface area contributed by atoms with Crippen molar-refractivity contribution in [3.8, 4) is 0 Å². The average molecular weight is 630 g/mol. The number of halogens is 4. The van der Waals surface area contributed by atoms with E-state index in [1.807, 2.05) is 0 Å². The Kier molecular flexibility index (Phi) is 7.24. The highest BCUT2D eigenvalue weighted by atomic mass is 35.5. The quantitative estimate of drug-likeness (QED) is 0.273. The van der Waals surface area contributed by atoms with Crippen molar-refractivity contribution < 1.29 is 27.6 Å². The van der Waals surface area contributed by atoms with Crippen molar-refractivity contribution in [2.45, 2.75) is 28.9 Å². The van der Waals surface area contributed by atoms with Gasteiger partial charge in [-0.1, -0.05) is 77.2 Å². The molecule has 1 saturated heterocycles. The molecule has 42 heavy (non-hydrogen) atoms. The van der Waals surface area contributed by atoms with Crippen LogP contribution in [0.3, 0.4) is 0 Å². The Bertz CT molecular complexity index is 1770. The Morgan fingerprint density at radius 3 is 2.26 bits per heavy atom. The molecule has 0 saturated carbocycles. The fraction of sp³-hybridized carbons (Fsp3) is 0.172. The van der Waals surface area contributed by atoms with Gasteiger partial charge in [-0.05, 0) is 42.0 Å². The molecular formula is C29H19ClF3N3O4S2. The van der Waals surface area contributed by atoms with Gasteiger partial charge in [0.05, 0.1) is 27.9 Å². The number of aromatic nitrogens is 1. The maximum atomic E-state index is 13.8. The molecule has 3 atom stereocenters. The second-order valence-electron chi connectivity index (χ2n) is 9.66. The summed E-state index contributed by atoms with van der Waals surface area (Å²) in [5.41, 5.74) is -0.382. The number of amides is 3. The molecule has 214 valence electrons. The molecule has 13 heteroatoms. The molecule has 0 aliphatic carbocycles. The third kappa shape index (κ3) is 4.93. The van der Waals surface area contributed by atoms with Crippen molar-refractivity contribution in [3.63, 3.8) is 0 Å². The molecule has 3 heterocycles. The smallest absolute Gasteiger partial charge is 0.324 e. The van der Waals surface area contributed by atoms with Crippen LogP contribution in [-0.4, -0.2) is 27.5 Å². The van der Waals surface area contributed by atoms with E-state index in [4.69, 9.17) is 11.6 Å². The highest BCUT2D eigenvalue weighted by Crippen LogP contribution is 2.54. The van der Waals surface area contributed by atoms with Gasteiger partial charge in [0.2, 0.25) is 17.7 Å². The van der Waals surface area contributed by atoms with E-state index in [0.717, 1.165) is 44.7 Å². The second kappa shape index (κ2) is 10.8. The second-order valence-corrected chi connectivity index (χ2v) is 12.2. The molecule has 1 N–H and O–H groups in total. The Morgan fingerprint density at radius 1 is 0.905 bits per heavy atom. The lowest BCUT2D eigenvalue weighted by Gasteiger charge is -2.30. The molecule has 0 bridgehead atoms. The monoisotopic (exact) mass is 629 g/mol. The molecule has 0 unspecified atom stereocenters. The van der Waals surface area contributed by atoms with Gasteiger partial charge in [-0.15, -0.1) is 0 Å². The number of benzene rings is 3. The Morgan fingerprint density at radius 2 is 1.57 bits per heavy atom. The van der Waals surface area contributed by atoms with Gasteiger partial charge in [0.25, 0.3) is 0 Å². The third-order valence-electron chi connectivity index (χ3n) is 7.10. The van der Waals surface area contributed by atoms with Crippen molar-refractivity contribution in [1.82, 2.24) is 4.57 Å². The van der Waals surface area contributed by atoms with E-state index in [1.54, 1.807) is 54.6 Å². The van der Waals surface area contributed by atoms with Gasteiger partial charge in [-0.25, -0.2) is 4.90 Å². The normalized spacial score (nSPS) is 19.9. The maximum absolute atomic E-state index is 13.8. The van der Waals surface area contributed by atoms with Crippen LogP contribution in [0.25, 0.3) is 0 Å². The summed E-state index contributed by atoms with van der Waals surface area (Å²) in [7, 11) is 0. The number of para-hydroxylation sites is 2. The Balaban J connectivity index is 1.40. The first kappa shape index (κ1) is 28.3. The van der Waals surface area contributed by atoms with Crippen LogP contribution in [0, 0.1) is 5.92 Å². The summed E-state index contributed by atoms with van der Waals surface area (Å²) in [5.74, 6) is -3.25. The summed E-state index contributed by atoms with van der Waals surface area (Å²) in [6.45, 7) is -0.584. The summed E-state index contributed by atoms with van der Waals surface area (Å²) >= 11 is 7.97. The van der Waals surface area contributed by atoms with Gasteiger partial charge in [-0.2, -0.15) is 13.2 Å². The Labute approximate surface area is 249 Å². The lowest BCUT2D eigenvalue weighted by molar-refractivity contribution is -0.137. The Hall–Kier alpha value is -3.87. The minimum atomic E-state index is -4.70. The number of carbonyl (C=O) groups is 3. The number of thiazole rings is 1. The van der Waals surface area contributed by atoms with E-state index in [9.17, 15) is 32.3 Å². The summed E-state index contributed by atoms with van der Waals surface area (Å²) < 4.78 is 41.5. The molecular weight excluding hydrogens is 611 g/mol. The number of nitrogens with zero attached hydrogens (tertiary/aromatic N) is 2. The molecule has 2 aliphatic heterocycles. The molecule has 0 radical (unpaired) electrons. The summed E-state index contributed by atoms with van der Waals surface area (Å²) in [6.07, 6.45) is -4.70. The van der Waals surface area contributed by atoms with Crippen LogP contribution in [0.15, 0.2) is 88.7 Å². The van der Waals surface area contributed by atoms with Gasteiger partial charge in [0, 0.05) is 15.8 Å². The van der Waals surface area contributed by atoms with Crippen LogP contribution in [0.1, 0.15) is 21.9 Å². The lowest BCUT2D eigenvalue weighted by Crippen LogP contribution is -2.33. The molecule has 2 aliphatic rings. The predicted octanol–water partition coefficient (Wildman–Crippen LogP) is 6.02. The maximum Gasteiger partial charge on any atom is 0.418 e. The van der Waals surface area contributed by atoms with Crippen LogP contribution in [0.4, 0.5) is 24.5 Å². The molecule has 4 aromatic rings. The van der Waals surface area contributed by atoms with Gasteiger partial charge in [-0.3, -0.25) is 23.7 Å². The number of rotatable bonds is 5. The zero-order chi connectivity index (χ0) is 29.8. The number of nitrogens with one attached hydrogen (secondary N) is 1. The number of fused-ring (bicyclic) bond motifs is 2. The van der Waals surface area contributed by atoms with Crippen molar-refractivity contribution >= 4 is 63.8 Å². The minimum Gasteiger partial charge on any atom is -0.324 e. The summed E-state index contributed by atoms with van der Waals surface area (Å²) in [5, 5.41) is 2.14. The first-order valence-corrected chi connectivity index (χ1v) is 14.7. The summed E-state index contributed by atoms with van der Waals surface area (Å²) in [4.78, 5) is 54.8. The molecule has 1 fully saturated rings. The zero-order valence-electron chi connectivity index (χ0n) is 21.3. The summed E-state index contributed by atoms with van der Waals surface area (Å²) in [6, 6.07) is 19.8. The first-order chi connectivity index (χ1) is 20.0. The highest BCUT2D eigenvalue weighted by molar-refractivity contribution is 8.00. The average Bonchev–Trinajstić information content (AvgIpc) is 3.40. The van der Waals surface area contributed by atoms with Gasteiger partial charge >= 0.3 is 11.0 Å². The predicted molar refractivity (Wildman–Crippen MR) is 154 cm³/mol. The van der Waals surface area contributed by atoms with Crippen LogP contribution < -0.4 is 15.1 Å². The SMILES string of the molecule is O=C(Cn1c2c(sc1=O)[C@@H](c1ccc(Cl)cc1)[C@@H]1C(=O)N(c3ccccc3)C(=O)[C@@H]1S2)Nc1ccccc1C(F)(F)F. The van der Waals surface area contributed by atoms with Crippen molar-refractivity contribution in [2.75, 3.05) is 10.2 Å². The van der Waals surface area contributed by atoms with E-state index in [-0.39, 0.29) is 0 Å². The van der Waals surface area contributed by atoms with Crippen LogP contribution in [0.2, 0.25) is 5.02 Å². The van der Waals surface area contributed by atoms with E-state index in [1.165, 1.54) is 12.1 Å². The van der Waals surface area contributed by atoms with E-state index in [0.29, 0.717) is 26.2 Å². The first-order valence-electron chi connectivity index (χ1n) is 12.6. The minimum absolute atomic E-state index is 0.321. The lowest BCUT2D eigenvalue weighted by atomic mass is 9.83. The van der Waals surface area contributed by atoms with Gasteiger partial charge in [0.15, 0.2) is 0 Å². The number of thioether (sulfide) groups is 1. The number of anilines is 2. The standard InChI is InChI=1S/C29H19ClF3N3O4S2/c30-16-12-10-15(11-13-16)21-22-23(26(39)36(25(22)38)17-6-2-1-3-7-17)41-27-24(21)42-28(40)35(27)14-20(37)34-19-9-5-4-8-18(19)29(31,32)33/h1-13,21-23H,14H2,(H,34,37)/t21-,22-,23+/m0/s1. The molecule has 7 nitrogen and oxygen atoms in total. The van der Waals surface area contributed by atoms with Crippen molar-refractivity contribution in [1.29, 1.82) is 0 Å². The van der Waals surface area contributed by atoms with E-state index in [2.05, 4.69) is 5.32 Å². The molecule has 3 amide bonds. The fourth-order valence-corrected chi connectivity index (χ4v) is 8.19. The fourth-order valence-electron chi connectivity index (χ4n) is 5.29. The van der Waals surface area contributed by atoms with Gasteiger partial charge in [0.1, 0.15) is 11.8 Å². The van der Waals surface area contributed by atoms with Crippen LogP contribution >= 0.6 is 34.7 Å². The third-order valence-corrected chi connectivity index (χ3v) is 9.96. The molecule has 0 spiro atoms.